The van der Waals surface area contributed by atoms with Crippen molar-refractivity contribution in [2.45, 2.75) is 6.92 Å². The number of anilines is 1. The topological polar surface area (TPSA) is 93.4 Å². The zero-order chi connectivity index (χ0) is 14.3. The molecule has 2 amide bonds. The molecular weight excluding hydrogens is 266 g/mol. The van der Waals surface area contributed by atoms with Crippen molar-refractivity contribution in [3.05, 3.63) is 24.3 Å². The van der Waals surface area contributed by atoms with Crippen molar-refractivity contribution in [1.29, 1.82) is 0 Å². The first-order valence-corrected chi connectivity index (χ1v) is 6.04. The molecule has 0 unspecified atom stereocenters. The van der Waals surface area contributed by atoms with Gasteiger partial charge in [-0.1, -0.05) is 12.2 Å². The van der Waals surface area contributed by atoms with Gasteiger partial charge in [0.25, 0.3) is 0 Å². The molecule has 19 heavy (non-hydrogen) atoms. The third-order valence-corrected chi connectivity index (χ3v) is 2.20. The molecule has 4 N–H and O–H groups in total. The Bertz CT molecular complexity index is 474. The number of nitrogens with one attached hydrogen (secondary N) is 2. The lowest BCUT2D eigenvalue weighted by molar-refractivity contribution is -0.135. The van der Waals surface area contributed by atoms with Gasteiger partial charge in [0.2, 0.25) is 0 Å². The second kappa shape index (κ2) is 7.32. The Morgan fingerprint density at radius 1 is 1.26 bits per heavy atom. The highest BCUT2D eigenvalue weighted by Gasteiger charge is 2.13. The molecule has 0 saturated carbocycles. The summed E-state index contributed by atoms with van der Waals surface area (Å²) in [7, 11) is 0. The van der Waals surface area contributed by atoms with Crippen LogP contribution in [0.1, 0.15) is 6.92 Å². The Kier molecular flexibility index (Phi) is 5.74. The van der Waals surface area contributed by atoms with Crippen LogP contribution in [0.15, 0.2) is 24.3 Å². The highest BCUT2D eigenvalue weighted by atomic mass is 32.1. The van der Waals surface area contributed by atoms with Crippen molar-refractivity contribution in [3.63, 3.8) is 0 Å². The molecule has 1 rings (SSSR count). The predicted octanol–water partition coefficient (Wildman–Crippen LogP) is 0.426. The summed E-state index contributed by atoms with van der Waals surface area (Å²) in [6, 6.07) is 6.69. The molecule has 0 aliphatic rings. The lowest BCUT2D eigenvalue weighted by Gasteiger charge is -2.07. The van der Waals surface area contributed by atoms with Gasteiger partial charge in [-0.25, -0.2) is 0 Å². The van der Waals surface area contributed by atoms with Gasteiger partial charge < -0.3 is 21.1 Å². The van der Waals surface area contributed by atoms with Crippen LogP contribution in [-0.2, 0) is 9.59 Å². The van der Waals surface area contributed by atoms with E-state index in [0.29, 0.717) is 18.0 Å². The predicted molar refractivity (Wildman–Crippen MR) is 76.0 cm³/mol. The van der Waals surface area contributed by atoms with Gasteiger partial charge in [-0.3, -0.25) is 9.59 Å². The summed E-state index contributed by atoms with van der Waals surface area (Å²) < 4.78 is 5.26. The maximum atomic E-state index is 11.5. The van der Waals surface area contributed by atoms with Crippen LogP contribution in [0.4, 0.5) is 5.69 Å². The van der Waals surface area contributed by atoms with Crippen LogP contribution >= 0.6 is 12.2 Å². The number of amides is 2. The number of benzene rings is 1. The molecule has 7 heteroatoms. The normalized spacial score (nSPS) is 9.53. The number of carbonyl (C=O) groups excluding carboxylic acids is 2. The number of thiocarbonyl (C=S) groups is 1. The lowest BCUT2D eigenvalue weighted by Crippen LogP contribution is -2.39. The summed E-state index contributed by atoms with van der Waals surface area (Å²) in [4.78, 5) is 23.0. The molecule has 102 valence electrons. The number of nitrogens with two attached hydrogens (primary N) is 1. The zero-order valence-electron chi connectivity index (χ0n) is 10.4. The van der Waals surface area contributed by atoms with E-state index in [9.17, 15) is 9.59 Å². The van der Waals surface area contributed by atoms with Crippen molar-refractivity contribution >= 4 is 34.7 Å². The number of rotatable bonds is 5. The average molecular weight is 281 g/mol. The summed E-state index contributed by atoms with van der Waals surface area (Å²) >= 11 is 4.59. The molecule has 0 aliphatic carbocycles. The number of hydrogen-bond donors (Lipinski definition) is 3. The number of hydrogen-bond acceptors (Lipinski definition) is 4. The second-order valence-corrected chi connectivity index (χ2v) is 4.08. The van der Waals surface area contributed by atoms with E-state index >= 15 is 0 Å². The first kappa shape index (κ1) is 14.9. The fourth-order valence-electron chi connectivity index (χ4n) is 1.24. The van der Waals surface area contributed by atoms with Gasteiger partial charge in [0.1, 0.15) is 5.75 Å². The van der Waals surface area contributed by atoms with Gasteiger partial charge in [-0.15, -0.1) is 0 Å². The summed E-state index contributed by atoms with van der Waals surface area (Å²) in [6.07, 6.45) is 0. The first-order valence-electron chi connectivity index (χ1n) is 5.63. The molecule has 0 fully saturated rings. The maximum Gasteiger partial charge on any atom is 0.313 e. The molecule has 0 saturated heterocycles. The molecular formula is C12H15N3O3S. The van der Waals surface area contributed by atoms with Gasteiger partial charge in [-0.05, 0) is 31.2 Å². The molecule has 0 aromatic heterocycles. The molecule has 1 aromatic rings. The highest BCUT2D eigenvalue weighted by molar-refractivity contribution is 7.80. The summed E-state index contributed by atoms with van der Waals surface area (Å²) in [5.74, 6) is -0.875. The summed E-state index contributed by atoms with van der Waals surface area (Å²) in [5.41, 5.74) is 5.71. The lowest BCUT2D eigenvalue weighted by atomic mass is 10.3. The van der Waals surface area contributed by atoms with Crippen molar-refractivity contribution in [2.75, 3.05) is 18.5 Å². The Balaban J connectivity index is 2.51. The Labute approximate surface area is 116 Å². The average Bonchev–Trinajstić information content (AvgIpc) is 2.38. The second-order valence-electron chi connectivity index (χ2n) is 3.56. The molecule has 0 heterocycles. The van der Waals surface area contributed by atoms with Gasteiger partial charge in [0.05, 0.1) is 18.1 Å². The Hall–Kier alpha value is -2.15. The van der Waals surface area contributed by atoms with Crippen molar-refractivity contribution in [1.82, 2.24) is 5.32 Å². The molecule has 1 aromatic carbocycles. The van der Waals surface area contributed by atoms with Gasteiger partial charge in [0.15, 0.2) is 0 Å². The van der Waals surface area contributed by atoms with E-state index < -0.39 is 11.8 Å². The number of ether oxygens (including phenoxy) is 1. The van der Waals surface area contributed by atoms with Crippen molar-refractivity contribution in [2.24, 2.45) is 5.73 Å². The standard InChI is InChI=1S/C12H15N3O3S/c1-2-18-9-5-3-8(4-6-9)15-12(17)11(16)14-7-10(13)19/h3-6H,2,7H2,1H3,(H2,13,19)(H,14,16)(H,15,17). The molecule has 0 radical (unpaired) electrons. The van der Waals surface area contributed by atoms with Crippen LogP contribution in [0.3, 0.4) is 0 Å². The van der Waals surface area contributed by atoms with Crippen LogP contribution < -0.4 is 21.1 Å². The largest absolute Gasteiger partial charge is 0.494 e. The molecule has 0 spiro atoms. The van der Waals surface area contributed by atoms with Crippen LogP contribution in [0, 0.1) is 0 Å². The van der Waals surface area contributed by atoms with E-state index in [4.69, 9.17) is 10.5 Å². The van der Waals surface area contributed by atoms with Crippen LogP contribution in [0.2, 0.25) is 0 Å². The van der Waals surface area contributed by atoms with E-state index in [-0.39, 0.29) is 11.5 Å². The molecule has 6 nitrogen and oxygen atoms in total. The minimum Gasteiger partial charge on any atom is -0.494 e. The Morgan fingerprint density at radius 2 is 1.89 bits per heavy atom. The monoisotopic (exact) mass is 281 g/mol. The summed E-state index contributed by atoms with van der Waals surface area (Å²) in [5, 5.41) is 4.74. The van der Waals surface area contributed by atoms with E-state index in [2.05, 4.69) is 22.9 Å². The highest BCUT2D eigenvalue weighted by Crippen LogP contribution is 2.15. The Morgan fingerprint density at radius 3 is 2.42 bits per heavy atom. The molecule has 0 bridgehead atoms. The third-order valence-electron chi connectivity index (χ3n) is 2.05. The van der Waals surface area contributed by atoms with Gasteiger partial charge >= 0.3 is 11.8 Å². The van der Waals surface area contributed by atoms with E-state index in [1.807, 2.05) is 6.92 Å². The minimum absolute atomic E-state index is 0.00906. The molecule has 0 aliphatic heterocycles. The van der Waals surface area contributed by atoms with Crippen LogP contribution in [0.5, 0.6) is 5.75 Å². The van der Waals surface area contributed by atoms with Gasteiger partial charge in [0, 0.05) is 5.69 Å². The number of carbonyl (C=O) groups is 2. The zero-order valence-corrected chi connectivity index (χ0v) is 11.3. The fourth-order valence-corrected chi connectivity index (χ4v) is 1.31. The third kappa shape index (κ3) is 5.35. The van der Waals surface area contributed by atoms with Crippen LogP contribution in [0.25, 0.3) is 0 Å². The fraction of sp³-hybridized carbons (Fsp3) is 0.250. The SMILES string of the molecule is CCOc1ccc(NC(=O)C(=O)NCC(N)=S)cc1. The maximum absolute atomic E-state index is 11.5. The summed E-state index contributed by atoms with van der Waals surface area (Å²) in [6.45, 7) is 2.43. The van der Waals surface area contributed by atoms with E-state index in [0.717, 1.165) is 0 Å². The quantitative estimate of drug-likeness (QED) is 0.537. The van der Waals surface area contributed by atoms with Crippen molar-refractivity contribution in [3.8, 4) is 5.75 Å². The minimum atomic E-state index is -0.790. The molecule has 0 atom stereocenters. The van der Waals surface area contributed by atoms with E-state index in [1.54, 1.807) is 24.3 Å². The van der Waals surface area contributed by atoms with Crippen molar-refractivity contribution < 1.29 is 14.3 Å². The smallest absolute Gasteiger partial charge is 0.313 e. The van der Waals surface area contributed by atoms with Crippen LogP contribution in [-0.4, -0.2) is 30.0 Å². The van der Waals surface area contributed by atoms with Gasteiger partial charge in [-0.2, -0.15) is 0 Å². The first-order chi connectivity index (χ1) is 9.02. The van der Waals surface area contributed by atoms with E-state index in [1.165, 1.54) is 0 Å².